The molecule has 0 spiro atoms. The summed E-state index contributed by atoms with van der Waals surface area (Å²) in [5.74, 6) is 0.413. The summed E-state index contributed by atoms with van der Waals surface area (Å²) < 4.78 is 5.99. The Kier molecular flexibility index (Phi) is 4.70. The normalized spacial score (nSPS) is 11.0. The zero-order chi connectivity index (χ0) is 19.7. The van der Waals surface area contributed by atoms with Gasteiger partial charge in [0, 0.05) is 16.8 Å². The number of anilines is 1. The average Bonchev–Trinajstić information content (AvgIpc) is 3.13. The van der Waals surface area contributed by atoms with Gasteiger partial charge in [0.2, 0.25) is 5.89 Å². The van der Waals surface area contributed by atoms with E-state index in [0.29, 0.717) is 17.1 Å². The van der Waals surface area contributed by atoms with Crippen molar-refractivity contribution in [3.8, 4) is 11.5 Å². The number of carbonyl (C=O) groups excluding carboxylic acids is 1. The van der Waals surface area contributed by atoms with Gasteiger partial charge >= 0.3 is 0 Å². The maximum Gasteiger partial charge on any atom is 0.255 e. The van der Waals surface area contributed by atoms with E-state index < -0.39 is 0 Å². The lowest BCUT2D eigenvalue weighted by molar-refractivity contribution is 0.102. The highest BCUT2D eigenvalue weighted by molar-refractivity contribution is 6.04. The third kappa shape index (κ3) is 3.54. The zero-order valence-corrected chi connectivity index (χ0v) is 16.2. The van der Waals surface area contributed by atoms with Crippen LogP contribution < -0.4 is 5.32 Å². The number of aromatic nitrogens is 1. The van der Waals surface area contributed by atoms with Gasteiger partial charge < -0.3 is 9.73 Å². The van der Waals surface area contributed by atoms with Crippen LogP contribution in [0.25, 0.3) is 22.6 Å². The molecule has 0 saturated heterocycles. The lowest BCUT2D eigenvalue weighted by Crippen LogP contribution is -2.11. The molecule has 1 heterocycles. The van der Waals surface area contributed by atoms with Crippen LogP contribution in [0.1, 0.15) is 34.0 Å². The molecule has 4 rings (SSSR count). The van der Waals surface area contributed by atoms with Crippen LogP contribution in [0.5, 0.6) is 0 Å². The van der Waals surface area contributed by atoms with E-state index in [2.05, 4.69) is 23.3 Å². The Hall–Kier alpha value is -3.40. The third-order valence-electron chi connectivity index (χ3n) is 4.81. The van der Waals surface area contributed by atoms with Crippen molar-refractivity contribution < 1.29 is 9.21 Å². The van der Waals surface area contributed by atoms with Gasteiger partial charge in [-0.25, -0.2) is 4.98 Å². The molecule has 1 amide bonds. The number of amides is 1. The van der Waals surface area contributed by atoms with Gasteiger partial charge in [-0.3, -0.25) is 4.79 Å². The van der Waals surface area contributed by atoms with E-state index in [-0.39, 0.29) is 5.91 Å². The predicted octanol–water partition coefficient (Wildman–Crippen LogP) is 5.93. The van der Waals surface area contributed by atoms with Gasteiger partial charge in [0.05, 0.1) is 0 Å². The summed E-state index contributed by atoms with van der Waals surface area (Å²) in [4.78, 5) is 17.2. The van der Waals surface area contributed by atoms with Crippen molar-refractivity contribution in [2.75, 3.05) is 5.32 Å². The number of hydrogen-bond donors (Lipinski definition) is 1. The van der Waals surface area contributed by atoms with Gasteiger partial charge in [-0.15, -0.1) is 0 Å². The summed E-state index contributed by atoms with van der Waals surface area (Å²) in [6.45, 7) is 6.16. The number of rotatable bonds is 4. The number of aryl methyl sites for hydroxylation is 3. The van der Waals surface area contributed by atoms with Gasteiger partial charge in [0.1, 0.15) is 5.52 Å². The molecule has 0 aliphatic heterocycles. The highest BCUT2D eigenvalue weighted by atomic mass is 16.3. The number of oxazole rings is 1. The summed E-state index contributed by atoms with van der Waals surface area (Å²) in [5, 5.41) is 2.95. The van der Waals surface area contributed by atoms with Crippen LogP contribution in [-0.4, -0.2) is 10.9 Å². The molecular formula is C24H22N2O2. The summed E-state index contributed by atoms with van der Waals surface area (Å²) in [7, 11) is 0. The SMILES string of the molecule is CCc1ccc(C(=O)Nc2cccc(-c3nc4cc(C)cc(C)c4o3)c2)cc1. The molecule has 4 heteroatoms. The molecule has 140 valence electrons. The Morgan fingerprint density at radius 3 is 2.57 bits per heavy atom. The minimum atomic E-state index is -0.135. The molecule has 0 radical (unpaired) electrons. The fourth-order valence-corrected chi connectivity index (χ4v) is 3.33. The minimum Gasteiger partial charge on any atom is -0.436 e. The number of benzene rings is 3. The molecular weight excluding hydrogens is 348 g/mol. The topological polar surface area (TPSA) is 55.1 Å². The smallest absolute Gasteiger partial charge is 0.255 e. The van der Waals surface area contributed by atoms with Crippen LogP contribution in [0, 0.1) is 13.8 Å². The number of nitrogens with one attached hydrogen (secondary N) is 1. The first-order chi connectivity index (χ1) is 13.5. The second kappa shape index (κ2) is 7.31. The number of carbonyl (C=O) groups is 1. The Morgan fingerprint density at radius 1 is 1.04 bits per heavy atom. The van der Waals surface area contributed by atoms with Gasteiger partial charge in [-0.2, -0.15) is 0 Å². The van der Waals surface area contributed by atoms with Crippen molar-refractivity contribution in [3.63, 3.8) is 0 Å². The molecule has 3 aromatic carbocycles. The summed E-state index contributed by atoms with van der Waals surface area (Å²) in [6, 6.07) is 19.3. The lowest BCUT2D eigenvalue weighted by Gasteiger charge is -2.07. The van der Waals surface area contributed by atoms with Crippen molar-refractivity contribution in [2.24, 2.45) is 0 Å². The minimum absolute atomic E-state index is 0.135. The highest BCUT2D eigenvalue weighted by Gasteiger charge is 2.12. The molecule has 0 saturated carbocycles. The van der Waals surface area contributed by atoms with Crippen LogP contribution in [-0.2, 0) is 6.42 Å². The van der Waals surface area contributed by atoms with Crippen molar-refractivity contribution in [1.29, 1.82) is 0 Å². The van der Waals surface area contributed by atoms with Crippen LogP contribution >= 0.6 is 0 Å². The fraction of sp³-hybridized carbons (Fsp3) is 0.167. The van der Waals surface area contributed by atoms with E-state index in [0.717, 1.165) is 34.2 Å². The Bertz CT molecular complexity index is 1160. The fourth-order valence-electron chi connectivity index (χ4n) is 3.33. The molecule has 0 fully saturated rings. The van der Waals surface area contributed by atoms with E-state index in [4.69, 9.17) is 4.42 Å². The second-order valence-corrected chi connectivity index (χ2v) is 7.03. The van der Waals surface area contributed by atoms with Gasteiger partial charge in [-0.05, 0) is 73.4 Å². The summed E-state index contributed by atoms with van der Waals surface area (Å²) in [6.07, 6.45) is 0.952. The Balaban J connectivity index is 1.60. The molecule has 4 aromatic rings. The van der Waals surface area contributed by atoms with E-state index in [1.807, 2.05) is 68.4 Å². The van der Waals surface area contributed by atoms with E-state index in [9.17, 15) is 4.79 Å². The van der Waals surface area contributed by atoms with E-state index >= 15 is 0 Å². The van der Waals surface area contributed by atoms with Crippen molar-refractivity contribution >= 4 is 22.7 Å². The van der Waals surface area contributed by atoms with E-state index in [1.165, 1.54) is 5.56 Å². The first-order valence-corrected chi connectivity index (χ1v) is 9.42. The van der Waals surface area contributed by atoms with Crippen LogP contribution in [0.3, 0.4) is 0 Å². The van der Waals surface area contributed by atoms with Gasteiger partial charge in [0.25, 0.3) is 5.91 Å². The monoisotopic (exact) mass is 370 g/mol. The maximum absolute atomic E-state index is 12.5. The van der Waals surface area contributed by atoms with Gasteiger partial charge in [-0.1, -0.05) is 31.2 Å². The molecule has 28 heavy (non-hydrogen) atoms. The quantitative estimate of drug-likeness (QED) is 0.485. The van der Waals surface area contributed by atoms with Crippen molar-refractivity contribution in [3.05, 3.63) is 82.9 Å². The molecule has 0 atom stereocenters. The lowest BCUT2D eigenvalue weighted by atomic mass is 10.1. The van der Waals surface area contributed by atoms with Crippen LogP contribution in [0.15, 0.2) is 65.1 Å². The predicted molar refractivity (Wildman–Crippen MR) is 113 cm³/mol. The molecule has 0 unspecified atom stereocenters. The third-order valence-corrected chi connectivity index (χ3v) is 4.81. The molecule has 0 aliphatic carbocycles. The first kappa shape index (κ1) is 18.0. The largest absolute Gasteiger partial charge is 0.436 e. The summed E-state index contributed by atoms with van der Waals surface area (Å²) in [5.41, 5.74) is 7.23. The Morgan fingerprint density at radius 2 is 1.82 bits per heavy atom. The molecule has 1 aromatic heterocycles. The standard InChI is InChI=1S/C24H22N2O2/c1-4-17-8-10-18(11-9-17)23(27)25-20-7-5-6-19(14-20)24-26-21-13-15(2)12-16(3)22(21)28-24/h5-14H,4H2,1-3H3,(H,25,27). The highest BCUT2D eigenvalue weighted by Crippen LogP contribution is 2.28. The second-order valence-electron chi connectivity index (χ2n) is 7.03. The van der Waals surface area contributed by atoms with Crippen LogP contribution in [0.2, 0.25) is 0 Å². The average molecular weight is 370 g/mol. The zero-order valence-electron chi connectivity index (χ0n) is 16.2. The Labute approximate surface area is 164 Å². The van der Waals surface area contributed by atoms with Crippen molar-refractivity contribution in [2.45, 2.75) is 27.2 Å². The van der Waals surface area contributed by atoms with Gasteiger partial charge in [0.15, 0.2) is 5.58 Å². The first-order valence-electron chi connectivity index (χ1n) is 9.42. The maximum atomic E-state index is 12.5. The summed E-state index contributed by atoms with van der Waals surface area (Å²) >= 11 is 0. The van der Waals surface area contributed by atoms with E-state index in [1.54, 1.807) is 0 Å². The molecule has 4 nitrogen and oxygen atoms in total. The molecule has 0 aliphatic rings. The number of nitrogens with zero attached hydrogens (tertiary/aromatic N) is 1. The van der Waals surface area contributed by atoms with Crippen molar-refractivity contribution in [1.82, 2.24) is 4.98 Å². The molecule has 0 bridgehead atoms. The molecule has 1 N–H and O–H groups in total. The number of hydrogen-bond acceptors (Lipinski definition) is 3. The van der Waals surface area contributed by atoms with Crippen LogP contribution in [0.4, 0.5) is 5.69 Å². The number of fused-ring (bicyclic) bond motifs is 1.